The summed E-state index contributed by atoms with van der Waals surface area (Å²) in [6, 6.07) is 12.0. The second-order valence-electron chi connectivity index (χ2n) is 12.2. The van der Waals surface area contributed by atoms with Crippen LogP contribution in [0.2, 0.25) is 0 Å². The fourth-order valence-corrected chi connectivity index (χ4v) is 6.50. The minimum absolute atomic E-state index is 0.184. The largest absolute Gasteiger partial charge is 0.379 e. The first kappa shape index (κ1) is 27.0. The Balaban J connectivity index is 1.06. The SMILES string of the molecule is CN1CCC2(CC1)CN(c1cc(C(=O)Nc3cc4cc(-c5cnn(C)c5CN5CCOCC5)ccc4cn3)ccn1)C2. The molecule has 1 spiro atoms. The number of nitrogens with one attached hydrogen (secondary N) is 1. The lowest BCUT2D eigenvalue weighted by Crippen LogP contribution is -2.60. The van der Waals surface area contributed by atoms with E-state index < -0.39 is 0 Å². The van der Waals surface area contributed by atoms with Crippen molar-refractivity contribution in [2.75, 3.05) is 69.7 Å². The zero-order valence-electron chi connectivity index (χ0n) is 24.4. The number of carbonyl (C=O) groups is 1. The van der Waals surface area contributed by atoms with E-state index in [2.05, 4.69) is 60.3 Å². The standard InChI is InChI=1S/C32H38N8O2/c1-37-9-6-32(7-10-37)21-40(22-32)30-17-24(5-8-33-30)31(41)36-29-16-26-15-23(3-4-25(26)18-34-29)27-19-35-38(2)28(27)20-39-11-13-42-14-12-39/h3-5,8,15-19H,6-7,9-14,20-22H2,1-2H3,(H,34,36,41). The summed E-state index contributed by atoms with van der Waals surface area (Å²) in [5, 5.41) is 9.60. The van der Waals surface area contributed by atoms with Crippen LogP contribution in [-0.2, 0) is 18.3 Å². The summed E-state index contributed by atoms with van der Waals surface area (Å²) in [6.07, 6.45) is 7.93. The molecule has 1 N–H and O–H groups in total. The summed E-state index contributed by atoms with van der Waals surface area (Å²) in [5.41, 5.74) is 4.38. The molecule has 3 aromatic heterocycles. The molecule has 1 aromatic carbocycles. The number of piperidine rings is 1. The third kappa shape index (κ3) is 5.37. The molecule has 4 aromatic rings. The Morgan fingerprint density at radius 1 is 0.952 bits per heavy atom. The molecule has 3 aliphatic rings. The monoisotopic (exact) mass is 566 g/mol. The van der Waals surface area contributed by atoms with Gasteiger partial charge in [0.1, 0.15) is 11.6 Å². The van der Waals surface area contributed by atoms with Crippen molar-refractivity contribution in [3.05, 3.63) is 66.2 Å². The number of fused-ring (bicyclic) bond motifs is 1. The van der Waals surface area contributed by atoms with Gasteiger partial charge >= 0.3 is 0 Å². The van der Waals surface area contributed by atoms with E-state index >= 15 is 0 Å². The number of ether oxygens (including phenoxy) is 1. The maximum Gasteiger partial charge on any atom is 0.257 e. The molecule has 218 valence electrons. The third-order valence-corrected chi connectivity index (χ3v) is 9.24. The maximum absolute atomic E-state index is 13.3. The van der Waals surface area contributed by atoms with E-state index in [1.165, 1.54) is 18.5 Å². The summed E-state index contributed by atoms with van der Waals surface area (Å²) in [5.74, 6) is 1.21. The van der Waals surface area contributed by atoms with Gasteiger partial charge in [0, 0.05) is 74.1 Å². The second kappa shape index (κ2) is 11.1. The zero-order valence-corrected chi connectivity index (χ0v) is 24.4. The highest BCUT2D eigenvalue weighted by atomic mass is 16.5. The number of nitrogens with zero attached hydrogens (tertiary/aromatic N) is 7. The Morgan fingerprint density at radius 3 is 2.57 bits per heavy atom. The first-order valence-corrected chi connectivity index (χ1v) is 14.9. The van der Waals surface area contributed by atoms with E-state index in [1.807, 2.05) is 36.3 Å². The van der Waals surface area contributed by atoms with Crippen molar-refractivity contribution in [2.45, 2.75) is 19.4 Å². The minimum Gasteiger partial charge on any atom is -0.379 e. The summed E-state index contributed by atoms with van der Waals surface area (Å²) < 4.78 is 7.48. The fraction of sp³-hybridized carbons (Fsp3) is 0.438. The van der Waals surface area contributed by atoms with E-state index in [-0.39, 0.29) is 5.91 Å². The number of hydrogen-bond donors (Lipinski definition) is 1. The van der Waals surface area contributed by atoms with E-state index in [0.717, 1.165) is 86.7 Å². The average molecular weight is 567 g/mol. The van der Waals surface area contributed by atoms with Gasteiger partial charge in [-0.15, -0.1) is 0 Å². The van der Waals surface area contributed by atoms with Crippen molar-refractivity contribution in [3.8, 4) is 11.1 Å². The number of amides is 1. The Morgan fingerprint density at radius 2 is 1.76 bits per heavy atom. The van der Waals surface area contributed by atoms with E-state index in [0.29, 0.717) is 16.8 Å². The molecule has 7 rings (SSSR count). The second-order valence-corrected chi connectivity index (χ2v) is 12.2. The molecule has 0 radical (unpaired) electrons. The topological polar surface area (TPSA) is 91.7 Å². The number of aromatic nitrogens is 4. The minimum atomic E-state index is -0.184. The number of aryl methyl sites for hydroxylation is 1. The van der Waals surface area contributed by atoms with Crippen LogP contribution in [0.4, 0.5) is 11.6 Å². The van der Waals surface area contributed by atoms with Crippen LogP contribution in [0.5, 0.6) is 0 Å². The van der Waals surface area contributed by atoms with Crippen LogP contribution >= 0.6 is 0 Å². The molecule has 0 saturated carbocycles. The first-order chi connectivity index (χ1) is 20.4. The maximum atomic E-state index is 13.3. The molecule has 6 heterocycles. The number of pyridine rings is 2. The highest BCUT2D eigenvalue weighted by Gasteiger charge is 2.44. The Kier molecular flexibility index (Phi) is 7.13. The molecule has 0 atom stereocenters. The Labute approximate surface area is 246 Å². The van der Waals surface area contributed by atoms with Crippen molar-refractivity contribution >= 4 is 28.3 Å². The van der Waals surface area contributed by atoms with Crippen molar-refractivity contribution in [1.82, 2.24) is 29.5 Å². The zero-order chi connectivity index (χ0) is 28.7. The summed E-state index contributed by atoms with van der Waals surface area (Å²) in [7, 11) is 4.19. The smallest absolute Gasteiger partial charge is 0.257 e. The third-order valence-electron chi connectivity index (χ3n) is 9.24. The van der Waals surface area contributed by atoms with Crippen molar-refractivity contribution in [3.63, 3.8) is 0 Å². The van der Waals surface area contributed by atoms with Crippen LogP contribution in [0.15, 0.2) is 55.0 Å². The normalized spacial score (nSPS) is 19.2. The van der Waals surface area contributed by atoms with E-state index in [9.17, 15) is 4.79 Å². The van der Waals surface area contributed by atoms with Crippen LogP contribution in [-0.4, -0.2) is 95.0 Å². The molecule has 3 aliphatic heterocycles. The van der Waals surface area contributed by atoms with Crippen molar-refractivity contribution in [2.24, 2.45) is 12.5 Å². The Bertz CT molecular complexity index is 1600. The summed E-state index contributed by atoms with van der Waals surface area (Å²) in [6.45, 7) is 8.54. The molecule has 3 saturated heterocycles. The highest BCUT2D eigenvalue weighted by Crippen LogP contribution is 2.42. The van der Waals surface area contributed by atoms with Gasteiger partial charge in [0.05, 0.1) is 25.1 Å². The summed E-state index contributed by atoms with van der Waals surface area (Å²) in [4.78, 5) is 29.5. The van der Waals surface area contributed by atoms with Gasteiger partial charge in [-0.3, -0.25) is 14.4 Å². The lowest BCUT2D eigenvalue weighted by atomic mass is 9.72. The first-order valence-electron chi connectivity index (χ1n) is 14.9. The quantitative estimate of drug-likeness (QED) is 0.378. The van der Waals surface area contributed by atoms with Crippen LogP contribution in [0, 0.1) is 5.41 Å². The van der Waals surface area contributed by atoms with Crippen molar-refractivity contribution < 1.29 is 9.53 Å². The number of anilines is 2. The fourth-order valence-electron chi connectivity index (χ4n) is 6.50. The van der Waals surface area contributed by atoms with Crippen LogP contribution in [0.3, 0.4) is 0 Å². The van der Waals surface area contributed by atoms with Crippen LogP contribution in [0.25, 0.3) is 21.9 Å². The van der Waals surface area contributed by atoms with Crippen LogP contribution in [0.1, 0.15) is 28.9 Å². The van der Waals surface area contributed by atoms with Gasteiger partial charge in [0.15, 0.2) is 0 Å². The lowest BCUT2D eigenvalue weighted by Gasteiger charge is -2.54. The average Bonchev–Trinajstić information content (AvgIpc) is 3.36. The number of likely N-dealkylation sites (tertiary alicyclic amines) is 1. The van der Waals surface area contributed by atoms with Crippen molar-refractivity contribution in [1.29, 1.82) is 0 Å². The predicted molar refractivity (Wildman–Crippen MR) is 164 cm³/mol. The lowest BCUT2D eigenvalue weighted by molar-refractivity contribution is 0.0332. The molecular weight excluding hydrogens is 528 g/mol. The molecular formula is C32H38N8O2. The molecule has 10 heteroatoms. The predicted octanol–water partition coefficient (Wildman–Crippen LogP) is 3.65. The number of rotatable bonds is 6. The van der Waals surface area contributed by atoms with Gasteiger partial charge in [-0.1, -0.05) is 12.1 Å². The van der Waals surface area contributed by atoms with E-state index in [4.69, 9.17) is 4.74 Å². The van der Waals surface area contributed by atoms with Gasteiger partial charge in [0.2, 0.25) is 0 Å². The number of carbonyl (C=O) groups excluding carboxylic acids is 1. The van der Waals surface area contributed by atoms with Gasteiger partial charge in [-0.05, 0) is 68.2 Å². The number of benzene rings is 1. The molecule has 1 amide bonds. The van der Waals surface area contributed by atoms with Gasteiger partial charge in [0.25, 0.3) is 5.91 Å². The van der Waals surface area contributed by atoms with Gasteiger partial charge in [-0.2, -0.15) is 5.10 Å². The molecule has 0 aliphatic carbocycles. The molecule has 0 bridgehead atoms. The summed E-state index contributed by atoms with van der Waals surface area (Å²) >= 11 is 0. The molecule has 42 heavy (non-hydrogen) atoms. The number of hydrogen-bond acceptors (Lipinski definition) is 8. The number of morpholine rings is 1. The molecule has 3 fully saturated rings. The van der Waals surface area contributed by atoms with Gasteiger partial charge < -0.3 is 19.9 Å². The molecule has 10 nitrogen and oxygen atoms in total. The van der Waals surface area contributed by atoms with Gasteiger partial charge in [-0.25, -0.2) is 9.97 Å². The molecule has 0 unspecified atom stereocenters. The Hall–Kier alpha value is -3.86. The highest BCUT2D eigenvalue weighted by molar-refractivity contribution is 6.05. The van der Waals surface area contributed by atoms with Crippen LogP contribution < -0.4 is 10.2 Å². The van der Waals surface area contributed by atoms with E-state index in [1.54, 1.807) is 12.3 Å².